The lowest BCUT2D eigenvalue weighted by Gasteiger charge is -2.36. The number of nitrogens with two attached hydrogens (primary N) is 2. The Labute approximate surface area is 145 Å². The van der Waals surface area contributed by atoms with Gasteiger partial charge in [0.2, 0.25) is 21.9 Å². The highest BCUT2D eigenvalue weighted by atomic mass is 35.5. The maximum absolute atomic E-state index is 12.1. The molecule has 0 bridgehead atoms. The molecule has 11 heteroatoms. The van der Waals surface area contributed by atoms with Gasteiger partial charge < -0.3 is 11.5 Å². The van der Waals surface area contributed by atoms with Crippen LogP contribution in [0.3, 0.4) is 0 Å². The number of guanidine groups is 2. The number of nitrogens with one attached hydrogen (secondary N) is 1. The molecule has 1 aliphatic rings. The van der Waals surface area contributed by atoms with Crippen molar-refractivity contribution in [2.24, 2.45) is 21.5 Å². The second kappa shape index (κ2) is 6.93. The molecule has 0 atom stereocenters. The van der Waals surface area contributed by atoms with Gasteiger partial charge in [0.05, 0.1) is 11.5 Å². The molecule has 0 saturated carbocycles. The van der Waals surface area contributed by atoms with Gasteiger partial charge in [0.15, 0.2) is 5.66 Å². The quantitative estimate of drug-likeness (QED) is 0.610. The van der Waals surface area contributed by atoms with Gasteiger partial charge in [-0.1, -0.05) is 11.6 Å². The average Bonchev–Trinajstić information content (AvgIpc) is 2.45. The minimum Gasteiger partial charge on any atom is -0.368 e. The zero-order valence-electron chi connectivity index (χ0n) is 13.2. The molecule has 1 aliphatic heterocycles. The third-order valence-corrected chi connectivity index (χ3v) is 4.79. The molecule has 24 heavy (non-hydrogen) atoms. The average molecular weight is 375 g/mol. The van der Waals surface area contributed by atoms with Crippen LogP contribution in [0, 0.1) is 0 Å². The normalized spacial score (nSPS) is 17.4. The van der Waals surface area contributed by atoms with E-state index in [1.54, 1.807) is 13.8 Å². The molecule has 1 aromatic rings. The van der Waals surface area contributed by atoms with Gasteiger partial charge >= 0.3 is 0 Å². The monoisotopic (exact) mass is 374 g/mol. The Morgan fingerprint density at radius 3 is 2.50 bits per heavy atom. The Morgan fingerprint density at radius 2 is 1.92 bits per heavy atom. The number of halogens is 1. The van der Waals surface area contributed by atoms with Gasteiger partial charge in [0, 0.05) is 11.6 Å². The standard InChI is InChI=1S/C13H19ClN6O3S/c1-13(2)19-11(15)18-12(16)20(13)23-8-7-17-24(21,22)10-5-3-9(14)4-6-10/h3-6,17H,7-8H2,1-2H3,(H4,15,16,18,19). The summed E-state index contributed by atoms with van der Waals surface area (Å²) in [4.78, 5) is 13.5. The summed E-state index contributed by atoms with van der Waals surface area (Å²) in [6.45, 7) is 3.53. The molecular formula is C13H19ClN6O3S. The largest absolute Gasteiger partial charge is 0.368 e. The van der Waals surface area contributed by atoms with E-state index in [0.29, 0.717) is 5.02 Å². The fourth-order valence-electron chi connectivity index (χ4n) is 2.03. The molecule has 0 aromatic heterocycles. The molecular weight excluding hydrogens is 356 g/mol. The Balaban J connectivity index is 1.91. The smallest absolute Gasteiger partial charge is 0.240 e. The van der Waals surface area contributed by atoms with Crippen LogP contribution in [0.15, 0.2) is 39.1 Å². The Kier molecular flexibility index (Phi) is 5.33. The lowest BCUT2D eigenvalue weighted by Crippen LogP contribution is -2.54. The van der Waals surface area contributed by atoms with E-state index in [4.69, 9.17) is 27.9 Å². The molecule has 0 unspecified atom stereocenters. The van der Waals surface area contributed by atoms with Crippen molar-refractivity contribution in [1.82, 2.24) is 9.79 Å². The van der Waals surface area contributed by atoms with E-state index in [0.717, 1.165) is 0 Å². The van der Waals surface area contributed by atoms with Gasteiger partial charge in [-0.2, -0.15) is 10.1 Å². The number of hydroxylamine groups is 2. The third-order valence-electron chi connectivity index (χ3n) is 3.06. The first-order valence-corrected chi connectivity index (χ1v) is 8.86. The summed E-state index contributed by atoms with van der Waals surface area (Å²) in [5.74, 6) is 0.105. The van der Waals surface area contributed by atoms with E-state index in [1.807, 2.05) is 0 Å². The fourth-order valence-corrected chi connectivity index (χ4v) is 3.17. The molecule has 0 fully saturated rings. The zero-order chi connectivity index (χ0) is 18.0. The third kappa shape index (κ3) is 4.35. The molecule has 0 amide bonds. The maximum atomic E-state index is 12.1. The Hall–Kier alpha value is -1.88. The molecule has 9 nitrogen and oxygen atoms in total. The summed E-state index contributed by atoms with van der Waals surface area (Å²) in [6.07, 6.45) is 0. The molecule has 1 heterocycles. The lowest BCUT2D eigenvalue weighted by atomic mass is 10.2. The molecule has 1 aromatic carbocycles. The number of aliphatic imine (C=N–C) groups is 2. The molecule has 5 N–H and O–H groups in total. The van der Waals surface area contributed by atoms with E-state index in [9.17, 15) is 8.42 Å². The van der Waals surface area contributed by atoms with Crippen molar-refractivity contribution >= 4 is 33.5 Å². The Morgan fingerprint density at radius 1 is 1.29 bits per heavy atom. The summed E-state index contributed by atoms with van der Waals surface area (Å²) in [5, 5.41) is 1.74. The molecule has 0 saturated heterocycles. The number of rotatable bonds is 6. The zero-order valence-corrected chi connectivity index (χ0v) is 14.8. The van der Waals surface area contributed by atoms with Crippen LogP contribution in [0.5, 0.6) is 0 Å². The van der Waals surface area contributed by atoms with E-state index in [2.05, 4.69) is 14.7 Å². The molecule has 2 rings (SSSR count). The molecule has 0 spiro atoms. The summed E-state index contributed by atoms with van der Waals surface area (Å²) in [6, 6.07) is 5.84. The SMILES string of the molecule is CC1(C)N=C(N)N=C(N)N1OCCNS(=O)(=O)c1ccc(Cl)cc1. The number of benzene rings is 1. The van der Waals surface area contributed by atoms with Crippen LogP contribution in [0.25, 0.3) is 0 Å². The first-order chi connectivity index (χ1) is 11.1. The topological polar surface area (TPSA) is 135 Å². The van der Waals surface area contributed by atoms with E-state index in [-0.39, 0.29) is 30.0 Å². The highest BCUT2D eigenvalue weighted by Gasteiger charge is 2.33. The number of hydrogen-bond donors (Lipinski definition) is 3. The van der Waals surface area contributed by atoms with Crippen LogP contribution in [0.2, 0.25) is 5.02 Å². The van der Waals surface area contributed by atoms with Gasteiger partial charge in [-0.25, -0.2) is 18.1 Å². The van der Waals surface area contributed by atoms with Crippen LogP contribution in [0.1, 0.15) is 13.8 Å². The van der Waals surface area contributed by atoms with Gasteiger partial charge in [-0.3, -0.25) is 4.84 Å². The van der Waals surface area contributed by atoms with Crippen LogP contribution < -0.4 is 16.2 Å². The second-order valence-electron chi connectivity index (χ2n) is 5.41. The van der Waals surface area contributed by atoms with Crippen molar-refractivity contribution in [1.29, 1.82) is 0 Å². The summed E-state index contributed by atoms with van der Waals surface area (Å²) in [5.41, 5.74) is 10.5. The van der Waals surface area contributed by atoms with E-state index in [1.165, 1.54) is 29.3 Å². The van der Waals surface area contributed by atoms with Crippen molar-refractivity contribution in [3.8, 4) is 0 Å². The van der Waals surface area contributed by atoms with Gasteiger partial charge in [0.1, 0.15) is 0 Å². The van der Waals surface area contributed by atoms with Gasteiger partial charge in [-0.05, 0) is 38.1 Å². The lowest BCUT2D eigenvalue weighted by molar-refractivity contribution is -0.154. The number of nitrogens with zero attached hydrogens (tertiary/aromatic N) is 3. The predicted molar refractivity (Wildman–Crippen MR) is 91.8 cm³/mol. The molecule has 0 aliphatic carbocycles. The summed E-state index contributed by atoms with van der Waals surface area (Å²) in [7, 11) is -3.65. The fraction of sp³-hybridized carbons (Fsp3) is 0.385. The molecule has 0 radical (unpaired) electrons. The first-order valence-electron chi connectivity index (χ1n) is 7.00. The van der Waals surface area contributed by atoms with Crippen LogP contribution in [0.4, 0.5) is 0 Å². The minimum atomic E-state index is -3.65. The van der Waals surface area contributed by atoms with Gasteiger partial charge in [0.25, 0.3) is 0 Å². The summed E-state index contributed by atoms with van der Waals surface area (Å²) >= 11 is 5.74. The van der Waals surface area contributed by atoms with Crippen LogP contribution >= 0.6 is 11.6 Å². The predicted octanol–water partition coefficient (Wildman–Crippen LogP) is 0.231. The first kappa shape index (κ1) is 18.5. The van der Waals surface area contributed by atoms with E-state index >= 15 is 0 Å². The summed E-state index contributed by atoms with van der Waals surface area (Å²) < 4.78 is 26.7. The minimum absolute atomic E-state index is 0.0297. The van der Waals surface area contributed by atoms with Crippen molar-refractivity contribution in [2.45, 2.75) is 24.4 Å². The maximum Gasteiger partial charge on any atom is 0.240 e. The van der Waals surface area contributed by atoms with Crippen LogP contribution in [-0.4, -0.2) is 44.2 Å². The van der Waals surface area contributed by atoms with Gasteiger partial charge in [-0.15, -0.1) is 0 Å². The number of hydrogen-bond acceptors (Lipinski definition) is 8. The van der Waals surface area contributed by atoms with Crippen LogP contribution in [-0.2, 0) is 14.9 Å². The van der Waals surface area contributed by atoms with Crippen molar-refractivity contribution < 1.29 is 13.3 Å². The number of sulfonamides is 1. The van der Waals surface area contributed by atoms with E-state index < -0.39 is 15.7 Å². The second-order valence-corrected chi connectivity index (χ2v) is 7.62. The van der Waals surface area contributed by atoms with Crippen molar-refractivity contribution in [2.75, 3.05) is 13.2 Å². The van der Waals surface area contributed by atoms with Crippen molar-refractivity contribution in [3.63, 3.8) is 0 Å². The highest BCUT2D eigenvalue weighted by molar-refractivity contribution is 7.89. The molecule has 132 valence electrons. The highest BCUT2D eigenvalue weighted by Crippen LogP contribution is 2.19. The Bertz CT molecular complexity index is 760. The van der Waals surface area contributed by atoms with Crippen molar-refractivity contribution in [3.05, 3.63) is 29.3 Å².